The fourth-order valence-electron chi connectivity index (χ4n) is 7.78. The zero-order valence-electron chi connectivity index (χ0n) is 34.6. The van der Waals surface area contributed by atoms with Crippen LogP contribution in [0.2, 0.25) is 0 Å². The highest BCUT2D eigenvalue weighted by Crippen LogP contribution is 2.42. The Labute approximate surface area is 334 Å². The molecule has 1 aliphatic heterocycles. The number of esters is 1. The van der Waals surface area contributed by atoms with Crippen LogP contribution in [-0.4, -0.2) is 68.5 Å². The molecule has 0 bridgehead atoms. The summed E-state index contributed by atoms with van der Waals surface area (Å²) in [6.45, 7) is 11.9. The molecule has 8 nitrogen and oxygen atoms in total. The number of hydrogen-bond donors (Lipinski definition) is 2. The average Bonchev–Trinajstić information content (AvgIpc) is 3.21. The summed E-state index contributed by atoms with van der Waals surface area (Å²) in [6.07, 6.45) is 7.62. The van der Waals surface area contributed by atoms with Crippen molar-refractivity contribution in [1.29, 1.82) is 0 Å². The number of carbonyl (C=O) groups is 1. The fraction of sp³-hybridized carbons (Fsp3) is 0.438. The SMILES string of the molecule is CC[C@H]1[C@@H](O)[C@H](C)C/C(C)=C/C=C/[C@H](OC)[C@@H]([C@@H](C)COC(c2ccccc2)(c2ccccc2)c2ccc(OC)cc2)OC(=O)/C(OC)=C/C(C)=C/[C@@H](C)[C@H]1O. The number of cyclic esters (lactones) is 1. The molecule has 2 N–H and O–H groups in total. The minimum Gasteiger partial charge on any atom is -0.497 e. The maximum Gasteiger partial charge on any atom is 0.373 e. The lowest BCUT2D eigenvalue weighted by Crippen LogP contribution is -2.42. The highest BCUT2D eigenvalue weighted by atomic mass is 16.6. The van der Waals surface area contributed by atoms with Crippen LogP contribution in [0.1, 0.15) is 71.1 Å². The number of ether oxygens (including phenoxy) is 5. The molecule has 0 amide bonds. The summed E-state index contributed by atoms with van der Waals surface area (Å²) in [4.78, 5) is 14.0. The number of hydrogen-bond acceptors (Lipinski definition) is 8. The van der Waals surface area contributed by atoms with E-state index in [4.69, 9.17) is 23.7 Å². The Morgan fingerprint density at radius 2 is 1.43 bits per heavy atom. The van der Waals surface area contributed by atoms with Gasteiger partial charge in [-0.1, -0.05) is 136 Å². The molecule has 1 heterocycles. The zero-order valence-corrected chi connectivity index (χ0v) is 34.6. The maximum atomic E-state index is 14.0. The zero-order chi connectivity index (χ0) is 40.8. The second kappa shape index (κ2) is 21.2. The van der Waals surface area contributed by atoms with Gasteiger partial charge in [-0.05, 0) is 67.5 Å². The summed E-state index contributed by atoms with van der Waals surface area (Å²) in [7, 11) is 4.67. The van der Waals surface area contributed by atoms with Gasteiger partial charge in [-0.3, -0.25) is 0 Å². The van der Waals surface area contributed by atoms with E-state index in [1.54, 1.807) is 20.3 Å². The molecular weight excluding hydrogens is 705 g/mol. The molecule has 4 rings (SSSR count). The first-order valence-corrected chi connectivity index (χ1v) is 19.7. The Balaban J connectivity index is 1.80. The number of benzene rings is 3. The van der Waals surface area contributed by atoms with Gasteiger partial charge in [0, 0.05) is 24.9 Å². The van der Waals surface area contributed by atoms with Crippen LogP contribution in [0.25, 0.3) is 0 Å². The van der Waals surface area contributed by atoms with Gasteiger partial charge >= 0.3 is 5.97 Å². The van der Waals surface area contributed by atoms with Gasteiger partial charge in [-0.2, -0.15) is 0 Å². The van der Waals surface area contributed by atoms with Crippen LogP contribution >= 0.6 is 0 Å². The van der Waals surface area contributed by atoms with Crippen molar-refractivity contribution in [3.63, 3.8) is 0 Å². The fourth-order valence-corrected chi connectivity index (χ4v) is 7.78. The van der Waals surface area contributed by atoms with Gasteiger partial charge in [-0.15, -0.1) is 0 Å². The number of carbonyl (C=O) groups excluding carboxylic acids is 1. The summed E-state index contributed by atoms with van der Waals surface area (Å²) in [5.74, 6) is -1.01. The molecule has 0 aromatic heterocycles. The Morgan fingerprint density at radius 1 is 0.839 bits per heavy atom. The first-order valence-electron chi connectivity index (χ1n) is 19.7. The highest BCUT2D eigenvalue weighted by molar-refractivity contribution is 5.87. The molecule has 0 saturated heterocycles. The Hall–Kier alpha value is -4.47. The summed E-state index contributed by atoms with van der Waals surface area (Å²) >= 11 is 0. The third kappa shape index (κ3) is 10.9. The van der Waals surface area contributed by atoms with Crippen LogP contribution in [0.15, 0.2) is 132 Å². The van der Waals surface area contributed by atoms with E-state index in [2.05, 4.69) is 24.3 Å². The highest BCUT2D eigenvalue weighted by Gasteiger charge is 2.40. The molecule has 8 atom stereocenters. The van der Waals surface area contributed by atoms with Gasteiger partial charge in [0.1, 0.15) is 23.6 Å². The van der Waals surface area contributed by atoms with Crippen LogP contribution in [0.4, 0.5) is 0 Å². The summed E-state index contributed by atoms with van der Waals surface area (Å²) < 4.78 is 30.7. The second-order valence-corrected chi connectivity index (χ2v) is 15.1. The van der Waals surface area contributed by atoms with Crippen LogP contribution < -0.4 is 4.74 Å². The van der Waals surface area contributed by atoms with Crippen molar-refractivity contribution < 1.29 is 38.7 Å². The molecule has 0 saturated carbocycles. The van der Waals surface area contributed by atoms with Crippen molar-refractivity contribution in [2.45, 2.75) is 84.4 Å². The molecule has 0 aliphatic carbocycles. The monoisotopic (exact) mass is 766 g/mol. The number of methoxy groups -OCH3 is 3. The van der Waals surface area contributed by atoms with Crippen molar-refractivity contribution in [2.24, 2.45) is 23.7 Å². The molecule has 1 aliphatic rings. The Morgan fingerprint density at radius 3 is 1.96 bits per heavy atom. The summed E-state index contributed by atoms with van der Waals surface area (Å²) in [6, 6.07) is 28.1. The number of aliphatic hydroxyl groups excluding tert-OH is 2. The van der Waals surface area contributed by atoms with E-state index < -0.39 is 36.0 Å². The molecule has 56 heavy (non-hydrogen) atoms. The van der Waals surface area contributed by atoms with Gasteiger partial charge in [0.2, 0.25) is 5.76 Å². The van der Waals surface area contributed by atoms with Crippen LogP contribution in [0, 0.1) is 23.7 Å². The molecule has 3 aromatic carbocycles. The quantitative estimate of drug-likeness (QED) is 0.147. The van der Waals surface area contributed by atoms with Crippen LogP contribution in [0.5, 0.6) is 5.75 Å². The minimum absolute atomic E-state index is 0.0103. The molecule has 3 aromatic rings. The number of aliphatic hydroxyl groups is 2. The molecule has 0 spiro atoms. The van der Waals surface area contributed by atoms with Crippen LogP contribution in [0.3, 0.4) is 0 Å². The van der Waals surface area contributed by atoms with Gasteiger partial charge in [0.05, 0.1) is 33.0 Å². The lowest BCUT2D eigenvalue weighted by Gasteiger charge is -2.38. The topological polar surface area (TPSA) is 104 Å². The normalized spacial score (nSPS) is 28.4. The van der Waals surface area contributed by atoms with Gasteiger partial charge in [0.25, 0.3) is 0 Å². The van der Waals surface area contributed by atoms with Crippen molar-refractivity contribution in [3.8, 4) is 5.75 Å². The first-order chi connectivity index (χ1) is 26.9. The lowest BCUT2D eigenvalue weighted by molar-refractivity contribution is -0.160. The van der Waals surface area contributed by atoms with Crippen molar-refractivity contribution in [3.05, 3.63) is 149 Å². The Bertz CT molecular complexity index is 1740. The van der Waals surface area contributed by atoms with Gasteiger partial charge in [0.15, 0.2) is 0 Å². The maximum absolute atomic E-state index is 14.0. The average molecular weight is 767 g/mol. The third-order valence-electron chi connectivity index (χ3n) is 10.9. The van der Waals surface area contributed by atoms with E-state index in [1.807, 2.05) is 127 Å². The van der Waals surface area contributed by atoms with Crippen molar-refractivity contribution >= 4 is 5.97 Å². The molecule has 0 fully saturated rings. The number of allylic oxidation sites excluding steroid dienone is 5. The van der Waals surface area contributed by atoms with Gasteiger partial charge in [-0.25, -0.2) is 4.79 Å². The predicted molar refractivity (Wildman–Crippen MR) is 222 cm³/mol. The third-order valence-corrected chi connectivity index (χ3v) is 10.9. The minimum atomic E-state index is -1.03. The van der Waals surface area contributed by atoms with E-state index in [1.165, 1.54) is 7.11 Å². The van der Waals surface area contributed by atoms with E-state index in [9.17, 15) is 15.0 Å². The molecule has 8 heteroatoms. The summed E-state index contributed by atoms with van der Waals surface area (Å²) in [5, 5.41) is 22.8. The molecule has 0 radical (unpaired) electrons. The first kappa shape index (κ1) is 44.2. The largest absolute Gasteiger partial charge is 0.497 e. The summed E-state index contributed by atoms with van der Waals surface area (Å²) in [5.41, 5.74) is 3.52. The van der Waals surface area contributed by atoms with E-state index in [-0.39, 0.29) is 36.0 Å². The van der Waals surface area contributed by atoms with E-state index in [0.29, 0.717) is 18.4 Å². The smallest absolute Gasteiger partial charge is 0.373 e. The van der Waals surface area contributed by atoms with Crippen molar-refractivity contribution in [2.75, 3.05) is 27.9 Å². The standard InChI is InChI=1S/C48H62O8/c1-10-41-44(49)34(4)28-32(2)18-17-23-42(53-8)46(56-47(51)43(54-9)30-33(3)29-35(5)45(41)50)36(6)31-55-48(37-19-13-11-14-20-37,38-21-15-12-16-22-38)39-24-26-40(52-7)27-25-39/h11-27,29-30,34-36,41-42,44-46,49-50H,10,28,31H2,1-9H3/b23-17+,32-18+,33-29+,43-30-/t34-,35-,36+,41+,42+,44+,45-,46-/m1/s1. The second-order valence-electron chi connectivity index (χ2n) is 15.1. The van der Waals surface area contributed by atoms with Gasteiger partial charge < -0.3 is 33.9 Å². The Kier molecular flexibility index (Phi) is 16.7. The molecule has 0 unspecified atom stereocenters. The molecule has 302 valence electrons. The van der Waals surface area contributed by atoms with Crippen molar-refractivity contribution in [1.82, 2.24) is 0 Å². The van der Waals surface area contributed by atoms with Crippen LogP contribution in [-0.2, 0) is 29.3 Å². The number of rotatable bonds is 11. The molecular formula is C48H62O8. The lowest BCUT2D eigenvalue weighted by atomic mass is 9.79. The predicted octanol–water partition coefficient (Wildman–Crippen LogP) is 8.97. The van der Waals surface area contributed by atoms with E-state index >= 15 is 0 Å². The van der Waals surface area contributed by atoms with E-state index in [0.717, 1.165) is 28.0 Å².